The lowest BCUT2D eigenvalue weighted by Crippen LogP contribution is -2.12. The van der Waals surface area contributed by atoms with Crippen LogP contribution in [0.15, 0.2) is 54.7 Å². The van der Waals surface area contributed by atoms with E-state index in [1.807, 2.05) is 36.6 Å². The average molecular weight is 464 g/mol. The molecule has 0 amide bonds. The van der Waals surface area contributed by atoms with Crippen LogP contribution in [0.1, 0.15) is 23.0 Å². The van der Waals surface area contributed by atoms with Gasteiger partial charge in [-0.05, 0) is 62.4 Å². The van der Waals surface area contributed by atoms with Gasteiger partial charge in [0, 0.05) is 41.6 Å². The van der Waals surface area contributed by atoms with Crippen LogP contribution >= 0.6 is 0 Å². The fourth-order valence-electron chi connectivity index (χ4n) is 4.04. The number of halogens is 1. The second-order valence-electron chi connectivity index (χ2n) is 7.79. The molecule has 0 saturated carbocycles. The number of ether oxygens (including phenoxy) is 2. The third-order valence-corrected chi connectivity index (χ3v) is 5.58. The highest BCUT2D eigenvalue weighted by Crippen LogP contribution is 2.31. The topological polar surface area (TPSA) is 85.6 Å². The van der Waals surface area contributed by atoms with Crippen molar-refractivity contribution < 1.29 is 23.8 Å². The Morgan fingerprint density at radius 2 is 2.00 bits per heavy atom. The van der Waals surface area contributed by atoms with E-state index >= 15 is 0 Å². The SMILES string of the molecule is CCOc1cc(C(=O)O)cc(-c2cc(NCCn3c(C)cc4c(OC)ccc(F)c43)ccn2)c1. The molecule has 0 saturated heterocycles. The van der Waals surface area contributed by atoms with Crippen LogP contribution in [0.3, 0.4) is 0 Å². The summed E-state index contributed by atoms with van der Waals surface area (Å²) in [6.07, 6.45) is 1.66. The van der Waals surface area contributed by atoms with E-state index in [0.717, 1.165) is 16.8 Å². The molecule has 0 atom stereocenters. The summed E-state index contributed by atoms with van der Waals surface area (Å²) < 4.78 is 27.4. The predicted octanol–water partition coefficient (Wildman–Crippen LogP) is 5.37. The molecule has 0 unspecified atom stereocenters. The molecule has 2 heterocycles. The van der Waals surface area contributed by atoms with Crippen LogP contribution in [-0.2, 0) is 6.54 Å². The molecular weight excluding hydrogens is 437 g/mol. The number of aromatic carboxylic acids is 1. The van der Waals surface area contributed by atoms with Crippen molar-refractivity contribution in [1.82, 2.24) is 9.55 Å². The maximum absolute atomic E-state index is 14.6. The van der Waals surface area contributed by atoms with Gasteiger partial charge in [0.05, 0.1) is 30.5 Å². The molecule has 0 radical (unpaired) electrons. The first-order valence-corrected chi connectivity index (χ1v) is 10.9. The van der Waals surface area contributed by atoms with Crippen molar-refractivity contribution in [2.45, 2.75) is 20.4 Å². The highest BCUT2D eigenvalue weighted by atomic mass is 19.1. The van der Waals surface area contributed by atoms with Crippen LogP contribution in [0.2, 0.25) is 0 Å². The van der Waals surface area contributed by atoms with Gasteiger partial charge in [-0.2, -0.15) is 0 Å². The van der Waals surface area contributed by atoms with Crippen molar-refractivity contribution in [3.63, 3.8) is 0 Å². The molecule has 0 aliphatic rings. The molecule has 7 nitrogen and oxygen atoms in total. The largest absolute Gasteiger partial charge is 0.496 e. The number of carboxylic acid groups (broad SMARTS) is 1. The predicted molar refractivity (Wildman–Crippen MR) is 129 cm³/mol. The number of rotatable bonds is 9. The number of fused-ring (bicyclic) bond motifs is 1. The maximum Gasteiger partial charge on any atom is 0.335 e. The lowest BCUT2D eigenvalue weighted by molar-refractivity contribution is 0.0696. The molecule has 2 aromatic heterocycles. The number of hydrogen-bond donors (Lipinski definition) is 2. The molecule has 176 valence electrons. The van der Waals surface area contributed by atoms with E-state index in [2.05, 4.69) is 10.3 Å². The molecule has 4 aromatic rings. The standard InChI is InChI=1S/C26H26FN3O4/c1-4-34-20-13-17(12-18(14-20)26(31)32)23-15-19(7-8-29-23)28-9-10-30-16(2)11-21-24(33-3)6-5-22(27)25(21)30/h5-8,11-15H,4,9-10H2,1-3H3,(H,28,29)(H,31,32). The minimum Gasteiger partial charge on any atom is -0.496 e. The second kappa shape index (κ2) is 9.82. The highest BCUT2D eigenvalue weighted by Gasteiger charge is 2.14. The molecule has 0 aliphatic carbocycles. The van der Waals surface area contributed by atoms with Crippen LogP contribution in [-0.4, -0.2) is 40.9 Å². The summed E-state index contributed by atoms with van der Waals surface area (Å²) in [5.74, 6) is -0.209. The summed E-state index contributed by atoms with van der Waals surface area (Å²) >= 11 is 0. The highest BCUT2D eigenvalue weighted by molar-refractivity contribution is 5.90. The van der Waals surface area contributed by atoms with Crippen molar-refractivity contribution in [3.8, 4) is 22.8 Å². The zero-order valence-corrected chi connectivity index (χ0v) is 19.3. The van der Waals surface area contributed by atoms with E-state index in [0.29, 0.717) is 48.0 Å². The molecule has 34 heavy (non-hydrogen) atoms. The number of aromatic nitrogens is 2. The summed E-state index contributed by atoms with van der Waals surface area (Å²) in [6, 6.07) is 13.5. The number of methoxy groups -OCH3 is 1. The Kier molecular flexibility index (Phi) is 6.67. The van der Waals surface area contributed by atoms with Crippen LogP contribution in [0, 0.1) is 12.7 Å². The number of benzene rings is 2. The summed E-state index contributed by atoms with van der Waals surface area (Å²) in [5.41, 5.74) is 3.66. The minimum absolute atomic E-state index is 0.133. The molecule has 0 aliphatic heterocycles. The second-order valence-corrected chi connectivity index (χ2v) is 7.79. The number of nitrogens with zero attached hydrogens (tertiary/aromatic N) is 2. The zero-order valence-electron chi connectivity index (χ0n) is 19.3. The Morgan fingerprint density at radius 3 is 2.74 bits per heavy atom. The average Bonchev–Trinajstić information content (AvgIpc) is 3.16. The summed E-state index contributed by atoms with van der Waals surface area (Å²) in [7, 11) is 1.57. The van der Waals surface area contributed by atoms with Crippen LogP contribution in [0.4, 0.5) is 10.1 Å². The quantitative estimate of drug-likeness (QED) is 0.347. The molecule has 4 rings (SSSR count). The van der Waals surface area contributed by atoms with E-state index in [1.54, 1.807) is 31.5 Å². The van der Waals surface area contributed by atoms with Gasteiger partial charge in [-0.15, -0.1) is 0 Å². The fraction of sp³-hybridized carbons (Fsp3) is 0.231. The Balaban J connectivity index is 1.55. The fourth-order valence-corrected chi connectivity index (χ4v) is 4.04. The third-order valence-electron chi connectivity index (χ3n) is 5.58. The van der Waals surface area contributed by atoms with Gasteiger partial charge in [0.1, 0.15) is 17.3 Å². The van der Waals surface area contributed by atoms with Crippen LogP contribution in [0.5, 0.6) is 11.5 Å². The van der Waals surface area contributed by atoms with E-state index in [1.165, 1.54) is 12.1 Å². The number of carbonyl (C=O) groups is 1. The first-order valence-electron chi connectivity index (χ1n) is 10.9. The normalized spacial score (nSPS) is 10.9. The minimum atomic E-state index is -1.03. The Labute approximate surface area is 196 Å². The summed E-state index contributed by atoms with van der Waals surface area (Å²) in [4.78, 5) is 15.9. The van der Waals surface area contributed by atoms with Gasteiger partial charge in [-0.25, -0.2) is 9.18 Å². The number of anilines is 1. The monoisotopic (exact) mass is 463 g/mol. The van der Waals surface area contributed by atoms with E-state index in [-0.39, 0.29) is 11.4 Å². The first kappa shape index (κ1) is 23.1. The zero-order chi connectivity index (χ0) is 24.2. The van der Waals surface area contributed by atoms with Crippen molar-refractivity contribution >= 4 is 22.6 Å². The van der Waals surface area contributed by atoms with Gasteiger partial charge in [0.25, 0.3) is 0 Å². The van der Waals surface area contributed by atoms with Crippen LogP contribution in [0.25, 0.3) is 22.2 Å². The van der Waals surface area contributed by atoms with Gasteiger partial charge in [0.2, 0.25) is 0 Å². The van der Waals surface area contributed by atoms with Gasteiger partial charge < -0.3 is 24.5 Å². The van der Waals surface area contributed by atoms with E-state index in [9.17, 15) is 14.3 Å². The molecule has 2 N–H and O–H groups in total. The number of aryl methyl sites for hydroxylation is 1. The van der Waals surface area contributed by atoms with E-state index in [4.69, 9.17) is 9.47 Å². The lowest BCUT2D eigenvalue weighted by Gasteiger charge is -2.13. The number of pyridine rings is 1. The number of carboxylic acids is 1. The lowest BCUT2D eigenvalue weighted by atomic mass is 10.1. The smallest absolute Gasteiger partial charge is 0.335 e. The summed E-state index contributed by atoms with van der Waals surface area (Å²) in [6.45, 7) is 5.30. The molecule has 2 aromatic carbocycles. The van der Waals surface area contributed by atoms with Gasteiger partial charge in [-0.3, -0.25) is 4.98 Å². The Morgan fingerprint density at radius 1 is 1.18 bits per heavy atom. The maximum atomic E-state index is 14.6. The van der Waals surface area contributed by atoms with E-state index < -0.39 is 5.97 Å². The number of nitrogens with one attached hydrogen (secondary N) is 1. The van der Waals surface area contributed by atoms with Crippen molar-refractivity contribution in [3.05, 3.63) is 71.8 Å². The molecular formula is C26H26FN3O4. The third kappa shape index (κ3) is 4.66. The van der Waals surface area contributed by atoms with Crippen LogP contribution < -0.4 is 14.8 Å². The first-order chi connectivity index (χ1) is 16.4. The van der Waals surface area contributed by atoms with Gasteiger partial charge >= 0.3 is 5.97 Å². The Bertz CT molecular complexity index is 1350. The molecule has 0 fully saturated rings. The molecule has 8 heteroatoms. The van der Waals surface area contributed by atoms with Crippen molar-refractivity contribution in [2.24, 2.45) is 0 Å². The van der Waals surface area contributed by atoms with Gasteiger partial charge in [0.15, 0.2) is 0 Å². The Hall–Kier alpha value is -4.07. The summed E-state index contributed by atoms with van der Waals surface area (Å²) in [5, 5.41) is 13.5. The molecule has 0 bridgehead atoms. The van der Waals surface area contributed by atoms with Crippen molar-refractivity contribution in [2.75, 3.05) is 25.6 Å². The number of hydrogen-bond acceptors (Lipinski definition) is 5. The molecule has 0 spiro atoms. The van der Waals surface area contributed by atoms with Gasteiger partial charge in [-0.1, -0.05) is 0 Å². The van der Waals surface area contributed by atoms with Crippen molar-refractivity contribution in [1.29, 1.82) is 0 Å².